The number of thioether (sulfide) groups is 1. The first kappa shape index (κ1) is 16.0. The van der Waals surface area contributed by atoms with Crippen LogP contribution in [0.2, 0.25) is 0 Å². The summed E-state index contributed by atoms with van der Waals surface area (Å²) in [5.74, 6) is 0.353. The number of rotatable bonds is 6. The zero-order chi connectivity index (χ0) is 15.9. The molecule has 2 aromatic carbocycles. The second kappa shape index (κ2) is 8.14. The minimum absolute atomic E-state index is 0.0239. The van der Waals surface area contributed by atoms with E-state index >= 15 is 0 Å². The smallest absolute Gasteiger partial charge is 0.234 e. The maximum absolute atomic E-state index is 12.2. The Morgan fingerprint density at radius 2 is 1.87 bits per heavy atom. The molecule has 1 aromatic heterocycles. The van der Waals surface area contributed by atoms with E-state index in [1.807, 2.05) is 54.6 Å². The molecule has 23 heavy (non-hydrogen) atoms. The summed E-state index contributed by atoms with van der Waals surface area (Å²) >= 11 is 4.50. The number of para-hydroxylation sites is 1. The normalized spacial score (nSPS) is 10.4. The summed E-state index contributed by atoms with van der Waals surface area (Å²) in [6.07, 6.45) is 0. The van der Waals surface area contributed by atoms with E-state index in [2.05, 4.69) is 15.5 Å². The van der Waals surface area contributed by atoms with E-state index in [1.54, 1.807) is 5.51 Å². The third kappa shape index (κ3) is 4.82. The van der Waals surface area contributed by atoms with Gasteiger partial charge in [0.2, 0.25) is 5.91 Å². The number of amides is 1. The summed E-state index contributed by atoms with van der Waals surface area (Å²) in [6, 6.07) is 17.6. The van der Waals surface area contributed by atoms with Crippen LogP contribution >= 0.6 is 34.9 Å². The van der Waals surface area contributed by atoms with Crippen LogP contribution in [0.3, 0.4) is 0 Å². The molecule has 3 aromatic rings. The van der Waals surface area contributed by atoms with Crippen molar-refractivity contribution >= 4 is 46.5 Å². The number of carbonyl (C=O) groups is 1. The van der Waals surface area contributed by atoms with Gasteiger partial charge in [0.05, 0.1) is 11.4 Å². The minimum Gasteiger partial charge on any atom is -0.324 e. The van der Waals surface area contributed by atoms with Gasteiger partial charge in [-0.1, -0.05) is 53.4 Å². The summed E-state index contributed by atoms with van der Waals surface area (Å²) in [5, 5.41) is 10.8. The largest absolute Gasteiger partial charge is 0.324 e. The summed E-state index contributed by atoms with van der Waals surface area (Å²) in [4.78, 5) is 14.2. The van der Waals surface area contributed by atoms with Crippen molar-refractivity contribution in [3.63, 3.8) is 0 Å². The van der Waals surface area contributed by atoms with Crippen LogP contribution in [0.5, 0.6) is 0 Å². The molecule has 1 amide bonds. The van der Waals surface area contributed by atoms with Gasteiger partial charge in [0.1, 0.15) is 5.51 Å². The molecular weight excluding hydrogens is 346 g/mol. The molecule has 4 nitrogen and oxygen atoms in total. The predicted molar refractivity (Wildman–Crippen MR) is 96.3 cm³/mol. The molecule has 3 rings (SSSR count). The molecule has 0 radical (unpaired) electrons. The van der Waals surface area contributed by atoms with Crippen LogP contribution in [0.4, 0.5) is 5.69 Å². The van der Waals surface area contributed by atoms with Crippen molar-refractivity contribution in [2.45, 2.75) is 14.1 Å². The van der Waals surface area contributed by atoms with Crippen molar-refractivity contribution in [1.29, 1.82) is 0 Å². The van der Waals surface area contributed by atoms with Crippen LogP contribution in [-0.2, 0) is 4.79 Å². The minimum atomic E-state index is -0.0239. The van der Waals surface area contributed by atoms with E-state index in [9.17, 15) is 4.79 Å². The number of hydrogen-bond acceptors (Lipinski definition) is 6. The van der Waals surface area contributed by atoms with E-state index in [0.29, 0.717) is 5.75 Å². The number of anilines is 1. The van der Waals surface area contributed by atoms with Gasteiger partial charge in [-0.3, -0.25) is 4.79 Å². The third-order valence-electron chi connectivity index (χ3n) is 2.81. The molecule has 116 valence electrons. The predicted octanol–water partition coefficient (Wildman–Crippen LogP) is 4.42. The molecule has 0 aliphatic carbocycles. The van der Waals surface area contributed by atoms with Crippen molar-refractivity contribution in [3.8, 4) is 0 Å². The highest BCUT2D eigenvalue weighted by Crippen LogP contribution is 2.34. The fraction of sp³-hybridized carbons (Fsp3) is 0.0625. The van der Waals surface area contributed by atoms with Gasteiger partial charge in [-0.25, -0.2) is 0 Å². The second-order valence-corrected chi connectivity index (χ2v) is 7.62. The number of nitrogens with one attached hydrogen (secondary N) is 1. The maximum Gasteiger partial charge on any atom is 0.234 e. The Morgan fingerprint density at radius 3 is 2.65 bits per heavy atom. The first-order valence-electron chi connectivity index (χ1n) is 6.82. The summed E-state index contributed by atoms with van der Waals surface area (Å²) in [6.45, 7) is 0. The Morgan fingerprint density at radius 1 is 1.09 bits per heavy atom. The lowest BCUT2D eigenvalue weighted by Gasteiger charge is -2.09. The van der Waals surface area contributed by atoms with Gasteiger partial charge in [0.25, 0.3) is 0 Å². The zero-order valence-corrected chi connectivity index (χ0v) is 14.5. The Bertz CT molecular complexity index is 763. The first-order chi connectivity index (χ1) is 11.3. The molecule has 0 atom stereocenters. The van der Waals surface area contributed by atoms with E-state index < -0.39 is 0 Å². The zero-order valence-electron chi connectivity index (χ0n) is 12.0. The summed E-state index contributed by atoms with van der Waals surface area (Å²) in [5.41, 5.74) is 2.49. The molecule has 0 unspecified atom stereocenters. The molecule has 0 bridgehead atoms. The van der Waals surface area contributed by atoms with Gasteiger partial charge in [0, 0.05) is 9.79 Å². The second-order valence-electron chi connectivity index (χ2n) is 4.45. The molecule has 7 heteroatoms. The van der Waals surface area contributed by atoms with Gasteiger partial charge in [-0.15, -0.1) is 22.0 Å². The van der Waals surface area contributed by atoms with Gasteiger partial charge in [-0.2, -0.15) is 0 Å². The molecule has 0 saturated heterocycles. The number of hydrogen-bond donors (Lipinski definition) is 1. The Kier molecular flexibility index (Phi) is 5.68. The van der Waals surface area contributed by atoms with Gasteiger partial charge >= 0.3 is 0 Å². The topological polar surface area (TPSA) is 54.9 Å². The SMILES string of the molecule is O=C(CSc1ccccc1)Nc1ccccc1Sc1nncs1. The Labute approximate surface area is 146 Å². The van der Waals surface area contributed by atoms with E-state index in [0.717, 1.165) is 19.8 Å². The average Bonchev–Trinajstić information content (AvgIpc) is 3.09. The molecule has 0 aliphatic rings. The number of nitrogens with zero attached hydrogens (tertiary/aromatic N) is 2. The van der Waals surface area contributed by atoms with Crippen molar-refractivity contribution in [1.82, 2.24) is 10.2 Å². The van der Waals surface area contributed by atoms with Crippen molar-refractivity contribution in [2.24, 2.45) is 0 Å². The van der Waals surface area contributed by atoms with Crippen molar-refractivity contribution < 1.29 is 4.79 Å². The quantitative estimate of drug-likeness (QED) is 0.660. The van der Waals surface area contributed by atoms with Crippen LogP contribution in [0, 0.1) is 0 Å². The van der Waals surface area contributed by atoms with Gasteiger partial charge in [0.15, 0.2) is 4.34 Å². The molecule has 1 N–H and O–H groups in total. The highest BCUT2D eigenvalue weighted by Gasteiger charge is 2.09. The van der Waals surface area contributed by atoms with E-state index in [1.165, 1.54) is 34.9 Å². The van der Waals surface area contributed by atoms with Crippen LogP contribution in [0.15, 0.2) is 74.2 Å². The summed E-state index contributed by atoms with van der Waals surface area (Å²) < 4.78 is 0.852. The molecule has 0 saturated carbocycles. The van der Waals surface area contributed by atoms with Crippen molar-refractivity contribution in [2.75, 3.05) is 11.1 Å². The highest BCUT2D eigenvalue weighted by molar-refractivity contribution is 8.01. The Balaban J connectivity index is 1.62. The lowest BCUT2D eigenvalue weighted by Crippen LogP contribution is -2.14. The number of carbonyl (C=O) groups excluding carboxylic acids is 1. The monoisotopic (exact) mass is 359 g/mol. The fourth-order valence-corrected chi connectivity index (χ4v) is 4.05. The lowest BCUT2D eigenvalue weighted by atomic mass is 10.3. The lowest BCUT2D eigenvalue weighted by molar-refractivity contribution is -0.113. The third-order valence-corrected chi connectivity index (χ3v) is 5.68. The van der Waals surface area contributed by atoms with E-state index in [4.69, 9.17) is 0 Å². The average molecular weight is 360 g/mol. The first-order valence-corrected chi connectivity index (χ1v) is 9.50. The van der Waals surface area contributed by atoms with Crippen LogP contribution in [-0.4, -0.2) is 21.9 Å². The molecule has 0 spiro atoms. The molecular formula is C16H13N3OS3. The van der Waals surface area contributed by atoms with E-state index in [-0.39, 0.29) is 5.91 Å². The highest BCUT2D eigenvalue weighted by atomic mass is 32.2. The van der Waals surface area contributed by atoms with Crippen LogP contribution in [0.25, 0.3) is 0 Å². The number of aromatic nitrogens is 2. The van der Waals surface area contributed by atoms with Crippen LogP contribution in [0.1, 0.15) is 0 Å². The number of benzene rings is 2. The summed E-state index contributed by atoms with van der Waals surface area (Å²) in [7, 11) is 0. The van der Waals surface area contributed by atoms with Gasteiger partial charge < -0.3 is 5.32 Å². The molecule has 0 fully saturated rings. The maximum atomic E-state index is 12.2. The Hall–Kier alpha value is -1.83. The van der Waals surface area contributed by atoms with Crippen molar-refractivity contribution in [3.05, 3.63) is 60.1 Å². The van der Waals surface area contributed by atoms with Crippen LogP contribution < -0.4 is 5.32 Å². The fourth-order valence-electron chi connectivity index (χ4n) is 1.81. The standard InChI is InChI=1S/C16H13N3OS3/c20-15(10-21-12-6-2-1-3-7-12)18-13-8-4-5-9-14(13)23-16-19-17-11-22-16/h1-9,11H,10H2,(H,18,20). The van der Waals surface area contributed by atoms with Gasteiger partial charge in [-0.05, 0) is 24.3 Å². The molecule has 1 heterocycles. The molecule has 0 aliphatic heterocycles.